The SMILES string of the molecule is O=Nc1cccc(CS(=O)(=O)N2CCOCC2)c1. The third-order valence-corrected chi connectivity index (χ3v) is 4.58. The second kappa shape index (κ2) is 5.55. The van der Waals surface area contributed by atoms with Crippen LogP contribution in [0.4, 0.5) is 5.69 Å². The first-order valence-corrected chi connectivity index (χ1v) is 7.20. The maximum absolute atomic E-state index is 12.1. The molecule has 18 heavy (non-hydrogen) atoms. The molecule has 0 atom stereocenters. The second-order valence-electron chi connectivity index (χ2n) is 4.03. The van der Waals surface area contributed by atoms with E-state index in [1.807, 2.05) is 0 Å². The highest BCUT2D eigenvalue weighted by Gasteiger charge is 2.24. The van der Waals surface area contributed by atoms with E-state index in [1.54, 1.807) is 12.1 Å². The summed E-state index contributed by atoms with van der Waals surface area (Å²) >= 11 is 0. The Morgan fingerprint density at radius 2 is 2.00 bits per heavy atom. The zero-order chi connectivity index (χ0) is 13.0. The van der Waals surface area contributed by atoms with Crippen LogP contribution in [-0.2, 0) is 20.5 Å². The number of morpholine rings is 1. The van der Waals surface area contributed by atoms with E-state index < -0.39 is 10.0 Å². The van der Waals surface area contributed by atoms with Gasteiger partial charge >= 0.3 is 0 Å². The van der Waals surface area contributed by atoms with Crippen LogP contribution in [-0.4, -0.2) is 39.0 Å². The molecule has 0 unspecified atom stereocenters. The zero-order valence-corrected chi connectivity index (χ0v) is 10.6. The molecule has 0 radical (unpaired) electrons. The van der Waals surface area contributed by atoms with Gasteiger partial charge in [0.05, 0.1) is 19.0 Å². The minimum absolute atomic E-state index is 0.115. The van der Waals surface area contributed by atoms with Gasteiger partial charge in [0.1, 0.15) is 5.69 Å². The number of hydrogen-bond acceptors (Lipinski definition) is 5. The normalized spacial score (nSPS) is 17.6. The standard InChI is InChI=1S/C11H14N2O4S/c14-12-11-3-1-2-10(8-11)9-18(15,16)13-4-6-17-7-5-13/h1-3,8H,4-7,9H2. The summed E-state index contributed by atoms with van der Waals surface area (Å²) in [6.45, 7) is 1.62. The first-order chi connectivity index (χ1) is 8.62. The van der Waals surface area contributed by atoms with Crippen LogP contribution in [0.15, 0.2) is 29.4 Å². The molecule has 1 heterocycles. The fourth-order valence-corrected chi connectivity index (χ4v) is 3.32. The fourth-order valence-electron chi connectivity index (χ4n) is 1.83. The Balaban J connectivity index is 2.13. The number of hydrogen-bond donors (Lipinski definition) is 0. The summed E-state index contributed by atoms with van der Waals surface area (Å²) in [7, 11) is -3.35. The molecule has 7 heteroatoms. The summed E-state index contributed by atoms with van der Waals surface area (Å²) in [5.41, 5.74) is 0.809. The maximum Gasteiger partial charge on any atom is 0.218 e. The molecule has 0 aromatic heterocycles. The Morgan fingerprint density at radius 3 is 2.67 bits per heavy atom. The Hall–Kier alpha value is -1.31. The molecule has 98 valence electrons. The van der Waals surface area contributed by atoms with Crippen LogP contribution in [0.25, 0.3) is 0 Å². The molecule has 0 N–H and O–H groups in total. The lowest BCUT2D eigenvalue weighted by Gasteiger charge is -2.26. The van der Waals surface area contributed by atoms with Crippen molar-refractivity contribution in [1.29, 1.82) is 0 Å². The van der Waals surface area contributed by atoms with Gasteiger partial charge in [0.15, 0.2) is 0 Å². The molecule has 1 aliphatic rings. The van der Waals surface area contributed by atoms with Crippen molar-refractivity contribution in [2.75, 3.05) is 26.3 Å². The lowest BCUT2D eigenvalue weighted by Crippen LogP contribution is -2.41. The summed E-state index contributed by atoms with van der Waals surface area (Å²) in [6.07, 6.45) is 0. The molecule has 1 aliphatic heterocycles. The number of rotatable bonds is 4. The van der Waals surface area contributed by atoms with Gasteiger partial charge in [-0.1, -0.05) is 12.1 Å². The zero-order valence-electron chi connectivity index (χ0n) is 9.78. The topological polar surface area (TPSA) is 76.0 Å². The number of nitroso groups, excluding NO2 is 1. The van der Waals surface area contributed by atoms with Crippen LogP contribution in [0, 0.1) is 4.91 Å². The van der Waals surface area contributed by atoms with Gasteiger partial charge in [0.2, 0.25) is 10.0 Å². The predicted octanol–water partition coefficient (Wildman–Crippen LogP) is 1.25. The largest absolute Gasteiger partial charge is 0.379 e. The van der Waals surface area contributed by atoms with E-state index in [-0.39, 0.29) is 11.4 Å². The number of ether oxygens (including phenoxy) is 1. The van der Waals surface area contributed by atoms with Crippen LogP contribution in [0.1, 0.15) is 5.56 Å². The van der Waals surface area contributed by atoms with Crippen LogP contribution in [0.3, 0.4) is 0 Å². The van der Waals surface area contributed by atoms with Gasteiger partial charge in [-0.3, -0.25) is 0 Å². The van der Waals surface area contributed by atoms with Gasteiger partial charge in [-0.15, -0.1) is 4.91 Å². The molecule has 0 aliphatic carbocycles. The monoisotopic (exact) mass is 270 g/mol. The van der Waals surface area contributed by atoms with Crippen molar-refractivity contribution in [3.8, 4) is 0 Å². The number of benzene rings is 1. The molecule has 2 rings (SSSR count). The van der Waals surface area contributed by atoms with Crippen molar-refractivity contribution >= 4 is 15.7 Å². The lowest BCUT2D eigenvalue weighted by atomic mass is 10.2. The number of nitrogens with zero attached hydrogens (tertiary/aromatic N) is 2. The molecule has 0 bridgehead atoms. The van der Waals surface area contributed by atoms with Gasteiger partial charge in [0.25, 0.3) is 0 Å². The molecule has 1 fully saturated rings. The molecule has 6 nitrogen and oxygen atoms in total. The van der Waals surface area contributed by atoms with E-state index in [0.29, 0.717) is 31.9 Å². The third-order valence-electron chi connectivity index (χ3n) is 2.73. The molecule has 1 saturated heterocycles. The van der Waals surface area contributed by atoms with Crippen LogP contribution in [0.2, 0.25) is 0 Å². The summed E-state index contributed by atoms with van der Waals surface area (Å²) in [5.74, 6) is -0.115. The van der Waals surface area contributed by atoms with Gasteiger partial charge in [0, 0.05) is 13.1 Å². The lowest BCUT2D eigenvalue weighted by molar-refractivity contribution is 0.0729. The summed E-state index contributed by atoms with van der Waals surface area (Å²) in [5, 5.41) is 2.80. The van der Waals surface area contributed by atoms with E-state index in [0.717, 1.165) is 0 Å². The summed E-state index contributed by atoms with van der Waals surface area (Å²) in [4.78, 5) is 10.4. The van der Waals surface area contributed by atoms with E-state index in [1.165, 1.54) is 16.4 Å². The number of sulfonamides is 1. The van der Waals surface area contributed by atoms with Crippen molar-refractivity contribution in [3.63, 3.8) is 0 Å². The average Bonchev–Trinajstić information content (AvgIpc) is 2.39. The van der Waals surface area contributed by atoms with Crippen LogP contribution < -0.4 is 0 Å². The van der Waals surface area contributed by atoms with Crippen molar-refractivity contribution in [2.24, 2.45) is 5.18 Å². The second-order valence-corrected chi connectivity index (χ2v) is 6.00. The van der Waals surface area contributed by atoms with Gasteiger partial charge in [-0.2, -0.15) is 4.31 Å². The van der Waals surface area contributed by atoms with E-state index >= 15 is 0 Å². The fraction of sp³-hybridized carbons (Fsp3) is 0.455. The minimum Gasteiger partial charge on any atom is -0.379 e. The van der Waals surface area contributed by atoms with Crippen LogP contribution >= 0.6 is 0 Å². The van der Waals surface area contributed by atoms with Crippen molar-refractivity contribution in [2.45, 2.75) is 5.75 Å². The quantitative estimate of drug-likeness (QED) is 0.771. The smallest absolute Gasteiger partial charge is 0.218 e. The van der Waals surface area contributed by atoms with Gasteiger partial charge in [-0.25, -0.2) is 8.42 Å². The molecular formula is C11H14N2O4S. The first kappa shape index (κ1) is 13.1. The molecule has 1 aromatic rings. The third kappa shape index (κ3) is 3.12. The Labute approximate surface area is 106 Å². The van der Waals surface area contributed by atoms with Crippen LogP contribution in [0.5, 0.6) is 0 Å². The highest BCUT2D eigenvalue weighted by Crippen LogP contribution is 2.17. The summed E-state index contributed by atoms with van der Waals surface area (Å²) in [6, 6.07) is 6.33. The predicted molar refractivity (Wildman–Crippen MR) is 66.9 cm³/mol. The Bertz CT molecular complexity index is 524. The molecular weight excluding hydrogens is 256 g/mol. The Kier molecular flexibility index (Phi) is 4.05. The van der Waals surface area contributed by atoms with Crippen molar-refractivity contribution in [1.82, 2.24) is 4.31 Å². The van der Waals surface area contributed by atoms with E-state index in [9.17, 15) is 13.3 Å². The highest BCUT2D eigenvalue weighted by atomic mass is 32.2. The molecule has 0 amide bonds. The molecule has 0 spiro atoms. The Morgan fingerprint density at radius 1 is 1.28 bits per heavy atom. The van der Waals surface area contributed by atoms with Crippen molar-refractivity contribution < 1.29 is 13.2 Å². The first-order valence-electron chi connectivity index (χ1n) is 5.60. The average molecular weight is 270 g/mol. The van der Waals surface area contributed by atoms with Gasteiger partial charge < -0.3 is 4.74 Å². The van der Waals surface area contributed by atoms with Crippen molar-refractivity contribution in [3.05, 3.63) is 34.7 Å². The molecule has 1 aromatic carbocycles. The van der Waals surface area contributed by atoms with E-state index in [4.69, 9.17) is 4.74 Å². The molecule has 0 saturated carbocycles. The van der Waals surface area contributed by atoms with E-state index in [2.05, 4.69) is 5.18 Å². The highest BCUT2D eigenvalue weighted by molar-refractivity contribution is 7.88. The van der Waals surface area contributed by atoms with Gasteiger partial charge in [-0.05, 0) is 22.9 Å². The summed E-state index contributed by atoms with van der Waals surface area (Å²) < 4.78 is 30.8. The maximum atomic E-state index is 12.1. The minimum atomic E-state index is -3.35.